The van der Waals surface area contributed by atoms with Crippen LogP contribution in [0.2, 0.25) is 0 Å². The van der Waals surface area contributed by atoms with E-state index < -0.39 is 0 Å². The van der Waals surface area contributed by atoms with Crippen LogP contribution in [0.5, 0.6) is 0 Å². The first-order valence-electron chi connectivity index (χ1n) is 6.47. The molecule has 1 amide bonds. The molecule has 6 nitrogen and oxygen atoms in total. The number of carbonyl (C=O) groups is 1. The second kappa shape index (κ2) is 6.84. The SMILES string of the molecule is CNc1ncccc1C(=NC1CCNCC1)NC=O. The highest BCUT2D eigenvalue weighted by molar-refractivity contribution is 6.07. The van der Waals surface area contributed by atoms with Crippen molar-refractivity contribution in [2.24, 2.45) is 4.99 Å². The first-order valence-corrected chi connectivity index (χ1v) is 6.47. The third-order valence-electron chi connectivity index (χ3n) is 3.12. The van der Waals surface area contributed by atoms with E-state index in [1.54, 1.807) is 13.2 Å². The Labute approximate surface area is 112 Å². The van der Waals surface area contributed by atoms with Crippen LogP contribution >= 0.6 is 0 Å². The summed E-state index contributed by atoms with van der Waals surface area (Å²) in [6.45, 7) is 1.93. The minimum Gasteiger partial charge on any atom is -0.373 e. The molecule has 0 aliphatic carbocycles. The van der Waals surface area contributed by atoms with Gasteiger partial charge in [-0.05, 0) is 38.1 Å². The lowest BCUT2D eigenvalue weighted by molar-refractivity contribution is -0.108. The standard InChI is InChI=1S/C13H19N5O/c1-14-12-11(3-2-6-16-12)13(17-9-19)18-10-4-7-15-8-5-10/h2-3,6,9-10,15H,4-5,7-8H2,1H3,(H,14,16)(H,17,18,19). The van der Waals surface area contributed by atoms with Crippen LogP contribution < -0.4 is 16.0 Å². The normalized spacial score (nSPS) is 17.0. The average molecular weight is 261 g/mol. The summed E-state index contributed by atoms with van der Waals surface area (Å²) < 4.78 is 0. The smallest absolute Gasteiger partial charge is 0.212 e. The van der Waals surface area contributed by atoms with Crippen LogP contribution in [0.1, 0.15) is 18.4 Å². The van der Waals surface area contributed by atoms with Gasteiger partial charge in [0, 0.05) is 13.2 Å². The van der Waals surface area contributed by atoms with Gasteiger partial charge in [-0.3, -0.25) is 9.79 Å². The van der Waals surface area contributed by atoms with Gasteiger partial charge in [0.05, 0.1) is 11.6 Å². The van der Waals surface area contributed by atoms with E-state index in [1.807, 2.05) is 12.1 Å². The molecule has 3 N–H and O–H groups in total. The first kappa shape index (κ1) is 13.5. The molecule has 0 unspecified atom stereocenters. The third-order valence-corrected chi connectivity index (χ3v) is 3.12. The van der Waals surface area contributed by atoms with Gasteiger partial charge in [0.15, 0.2) is 0 Å². The Morgan fingerprint density at radius 3 is 3.00 bits per heavy atom. The zero-order valence-electron chi connectivity index (χ0n) is 11.0. The molecule has 1 aromatic rings. The van der Waals surface area contributed by atoms with Gasteiger partial charge < -0.3 is 16.0 Å². The molecule has 0 bridgehead atoms. The highest BCUT2D eigenvalue weighted by Gasteiger charge is 2.15. The molecule has 0 aromatic carbocycles. The topological polar surface area (TPSA) is 78.4 Å². The minimum absolute atomic E-state index is 0.244. The summed E-state index contributed by atoms with van der Waals surface area (Å²) >= 11 is 0. The maximum absolute atomic E-state index is 10.8. The lowest BCUT2D eigenvalue weighted by atomic mass is 10.1. The molecule has 19 heavy (non-hydrogen) atoms. The molecule has 1 aromatic heterocycles. The second-order valence-electron chi connectivity index (χ2n) is 4.37. The quantitative estimate of drug-likeness (QED) is 0.415. The number of anilines is 1. The Kier molecular flexibility index (Phi) is 4.85. The number of nitrogens with zero attached hydrogens (tertiary/aromatic N) is 2. The Balaban J connectivity index is 2.27. The summed E-state index contributed by atoms with van der Waals surface area (Å²) in [6, 6.07) is 3.98. The van der Waals surface area contributed by atoms with Crippen molar-refractivity contribution in [1.29, 1.82) is 0 Å². The van der Waals surface area contributed by atoms with Crippen molar-refractivity contribution < 1.29 is 4.79 Å². The van der Waals surface area contributed by atoms with E-state index in [9.17, 15) is 4.79 Å². The molecule has 1 aliphatic heterocycles. The number of piperidine rings is 1. The monoisotopic (exact) mass is 261 g/mol. The van der Waals surface area contributed by atoms with Crippen LogP contribution in [0.4, 0.5) is 5.82 Å². The predicted molar refractivity (Wildman–Crippen MR) is 75.4 cm³/mol. The molecule has 2 rings (SSSR count). The number of hydrogen-bond acceptors (Lipinski definition) is 5. The van der Waals surface area contributed by atoms with Crippen LogP contribution in [0.3, 0.4) is 0 Å². The van der Waals surface area contributed by atoms with Crippen molar-refractivity contribution in [2.45, 2.75) is 18.9 Å². The number of pyridine rings is 1. The minimum atomic E-state index is 0.244. The van der Waals surface area contributed by atoms with Crippen molar-refractivity contribution in [1.82, 2.24) is 15.6 Å². The predicted octanol–water partition coefficient (Wildman–Crippen LogP) is 0.368. The Bertz CT molecular complexity index is 454. The Morgan fingerprint density at radius 2 is 2.32 bits per heavy atom. The number of amides is 1. The molecule has 6 heteroatoms. The van der Waals surface area contributed by atoms with Gasteiger partial charge in [0.25, 0.3) is 0 Å². The molecule has 0 radical (unpaired) electrons. The summed E-state index contributed by atoms with van der Waals surface area (Å²) in [5, 5.41) is 9.00. The van der Waals surface area contributed by atoms with Gasteiger partial charge in [0.2, 0.25) is 6.41 Å². The number of aromatic nitrogens is 1. The van der Waals surface area contributed by atoms with Gasteiger partial charge >= 0.3 is 0 Å². The molecule has 0 spiro atoms. The zero-order chi connectivity index (χ0) is 13.5. The Hall–Kier alpha value is -1.95. The van der Waals surface area contributed by atoms with Crippen molar-refractivity contribution in [3.05, 3.63) is 23.9 Å². The van der Waals surface area contributed by atoms with Gasteiger partial charge in [-0.25, -0.2) is 4.98 Å². The Morgan fingerprint density at radius 1 is 1.53 bits per heavy atom. The molecule has 0 atom stereocenters. The zero-order valence-corrected chi connectivity index (χ0v) is 11.0. The van der Waals surface area contributed by atoms with Crippen LogP contribution in [0, 0.1) is 0 Å². The number of carbonyl (C=O) groups excluding carboxylic acids is 1. The largest absolute Gasteiger partial charge is 0.373 e. The van der Waals surface area contributed by atoms with Crippen molar-refractivity contribution >= 4 is 18.1 Å². The fraction of sp³-hybridized carbons (Fsp3) is 0.462. The summed E-state index contributed by atoms with van der Waals surface area (Å²) in [6.07, 6.45) is 4.34. The average Bonchev–Trinajstić information content (AvgIpc) is 2.48. The number of aliphatic imine (C=N–C) groups is 1. The van der Waals surface area contributed by atoms with E-state index in [0.717, 1.165) is 31.5 Å². The first-order chi connectivity index (χ1) is 9.35. The van der Waals surface area contributed by atoms with Crippen LogP contribution in [0.25, 0.3) is 0 Å². The lowest BCUT2D eigenvalue weighted by Gasteiger charge is -2.20. The maximum atomic E-state index is 10.8. The van der Waals surface area contributed by atoms with Crippen molar-refractivity contribution in [3.63, 3.8) is 0 Å². The van der Waals surface area contributed by atoms with Crippen LogP contribution in [-0.2, 0) is 4.79 Å². The molecule has 102 valence electrons. The number of nitrogens with one attached hydrogen (secondary N) is 3. The highest BCUT2D eigenvalue weighted by atomic mass is 16.1. The lowest BCUT2D eigenvalue weighted by Crippen LogP contribution is -2.33. The van der Waals surface area contributed by atoms with E-state index in [4.69, 9.17) is 0 Å². The van der Waals surface area contributed by atoms with E-state index in [2.05, 4.69) is 25.9 Å². The third kappa shape index (κ3) is 3.51. The van der Waals surface area contributed by atoms with E-state index in [-0.39, 0.29) is 6.04 Å². The number of rotatable bonds is 4. The van der Waals surface area contributed by atoms with Gasteiger partial charge in [-0.15, -0.1) is 0 Å². The summed E-state index contributed by atoms with van der Waals surface area (Å²) in [7, 11) is 1.80. The van der Waals surface area contributed by atoms with Crippen LogP contribution in [0.15, 0.2) is 23.3 Å². The molecule has 1 aliphatic rings. The molecule has 1 fully saturated rings. The summed E-state index contributed by atoms with van der Waals surface area (Å²) in [4.78, 5) is 19.7. The van der Waals surface area contributed by atoms with E-state index in [1.165, 1.54) is 0 Å². The molecular weight excluding hydrogens is 242 g/mol. The van der Waals surface area contributed by atoms with Crippen molar-refractivity contribution in [3.8, 4) is 0 Å². The number of amidine groups is 1. The fourth-order valence-corrected chi connectivity index (χ4v) is 2.15. The maximum Gasteiger partial charge on any atom is 0.212 e. The van der Waals surface area contributed by atoms with E-state index in [0.29, 0.717) is 18.1 Å². The fourth-order valence-electron chi connectivity index (χ4n) is 2.15. The van der Waals surface area contributed by atoms with E-state index >= 15 is 0 Å². The molecule has 0 saturated carbocycles. The number of hydrogen-bond donors (Lipinski definition) is 3. The molecule has 2 heterocycles. The highest BCUT2D eigenvalue weighted by Crippen LogP contribution is 2.14. The molecule has 1 saturated heterocycles. The van der Waals surface area contributed by atoms with Crippen LogP contribution in [-0.4, -0.2) is 43.4 Å². The second-order valence-corrected chi connectivity index (χ2v) is 4.37. The van der Waals surface area contributed by atoms with Gasteiger partial charge in [-0.1, -0.05) is 0 Å². The molecular formula is C13H19N5O. The summed E-state index contributed by atoms with van der Waals surface area (Å²) in [5.74, 6) is 1.30. The van der Waals surface area contributed by atoms with Crippen molar-refractivity contribution in [2.75, 3.05) is 25.5 Å². The van der Waals surface area contributed by atoms with Gasteiger partial charge in [-0.2, -0.15) is 0 Å². The summed E-state index contributed by atoms with van der Waals surface area (Å²) in [5.41, 5.74) is 0.815. The van der Waals surface area contributed by atoms with Gasteiger partial charge in [0.1, 0.15) is 11.7 Å².